The van der Waals surface area contributed by atoms with Crippen molar-refractivity contribution >= 4 is 72.5 Å². The van der Waals surface area contributed by atoms with Crippen molar-refractivity contribution in [2.75, 3.05) is 77.9 Å². The molecule has 0 radical (unpaired) electrons. The molecule has 0 saturated carbocycles. The molecule has 1 atom stereocenters. The van der Waals surface area contributed by atoms with E-state index in [0.717, 1.165) is 204 Å². The van der Waals surface area contributed by atoms with E-state index < -0.39 is 0 Å². The number of nitrogens with one attached hydrogen (secondary N) is 1. The van der Waals surface area contributed by atoms with Gasteiger partial charge in [0.05, 0.1) is 12.7 Å². The molecule has 6 heterocycles. The summed E-state index contributed by atoms with van der Waals surface area (Å²) in [4.78, 5) is 58.1. The number of carbonyl (C=O) groups excluding carboxylic acids is 2. The first-order valence-electron chi connectivity index (χ1n) is 29.6. The van der Waals surface area contributed by atoms with Gasteiger partial charge < -0.3 is 34.2 Å². The molecule has 78 heavy (non-hydrogen) atoms. The first-order valence-corrected chi connectivity index (χ1v) is 30.4. The number of pyridine rings is 2. The van der Waals surface area contributed by atoms with Gasteiger partial charge in [0.1, 0.15) is 34.0 Å². The minimum absolute atomic E-state index is 0.00176. The zero-order valence-corrected chi connectivity index (χ0v) is 48.8. The van der Waals surface area contributed by atoms with E-state index in [1.165, 1.54) is 30.2 Å². The molecule has 0 bridgehead atoms. The van der Waals surface area contributed by atoms with E-state index >= 15 is 0 Å². The number of aromatic nitrogens is 6. The molecule has 2 amide bonds. The number of fused-ring (bicyclic) bond motifs is 3. The average Bonchev–Trinajstić information content (AvgIpc) is 4.12. The highest BCUT2D eigenvalue weighted by atomic mass is 79.9. The number of hydrogen-bond donors (Lipinski definition) is 1. The van der Waals surface area contributed by atoms with Crippen LogP contribution in [0.4, 0.5) is 11.6 Å². The normalized spacial score (nSPS) is 15.4. The molecule has 14 nitrogen and oxygen atoms in total. The molecule has 7 aromatic rings. The van der Waals surface area contributed by atoms with Crippen LogP contribution in [0.15, 0.2) is 83.3 Å². The number of ether oxygens (including phenoxy) is 1. The van der Waals surface area contributed by atoms with Gasteiger partial charge in [-0.15, -0.1) is 0 Å². The highest BCUT2D eigenvalue weighted by molar-refractivity contribution is 9.10. The number of rotatable bonds is 27. The van der Waals surface area contributed by atoms with Crippen molar-refractivity contribution in [1.82, 2.24) is 48.7 Å². The van der Waals surface area contributed by atoms with E-state index in [1.54, 1.807) is 7.11 Å². The number of aryl methyl sites for hydroxylation is 2. The van der Waals surface area contributed by atoms with E-state index in [-0.39, 0.29) is 11.8 Å². The summed E-state index contributed by atoms with van der Waals surface area (Å²) in [5, 5.41) is 6.22. The van der Waals surface area contributed by atoms with Crippen LogP contribution >= 0.6 is 15.9 Å². The molecular formula is C63H84BrN11O3. The van der Waals surface area contributed by atoms with Crippen molar-refractivity contribution in [3.63, 3.8) is 0 Å². The maximum atomic E-state index is 14.1. The van der Waals surface area contributed by atoms with Crippen molar-refractivity contribution < 1.29 is 14.3 Å². The summed E-state index contributed by atoms with van der Waals surface area (Å²) in [5.41, 5.74) is 7.18. The highest BCUT2D eigenvalue weighted by Gasteiger charge is 2.26. The molecular weight excluding hydrogens is 1040 g/mol. The van der Waals surface area contributed by atoms with E-state index in [2.05, 4.69) is 110 Å². The van der Waals surface area contributed by atoms with Crippen LogP contribution in [0.2, 0.25) is 0 Å². The Hall–Kier alpha value is -5.90. The molecule has 0 aliphatic carbocycles. The number of unbranched alkanes of at least 4 members (excludes halogenated alkanes) is 4. The SMILES string of the molecule is CCCCN(CCCC)C(=O)c1ccc2nc(Nc3cc(C4CCCN(CCCn5c(-c6cc(Br)ccc6OC)nc6ccc(C(=O)N(CCCC)CCCC)nc65)C4)cc4ccccc34)n(CCCN3CCCCC3)c2n1. The van der Waals surface area contributed by atoms with Crippen molar-refractivity contribution in [3.05, 3.63) is 100 Å². The topological polar surface area (TPSA) is 130 Å². The fourth-order valence-corrected chi connectivity index (χ4v) is 11.9. The number of piperidine rings is 2. The maximum Gasteiger partial charge on any atom is 0.272 e. The number of benzene rings is 3. The number of nitrogens with zero attached hydrogens (tertiary/aromatic N) is 10. The van der Waals surface area contributed by atoms with Crippen LogP contribution in [-0.4, -0.2) is 133 Å². The van der Waals surface area contributed by atoms with Gasteiger partial charge >= 0.3 is 0 Å². The summed E-state index contributed by atoms with van der Waals surface area (Å²) in [6.07, 6.45) is 15.9. The van der Waals surface area contributed by atoms with Crippen LogP contribution in [0.25, 0.3) is 44.5 Å². The Morgan fingerprint density at radius 1 is 0.628 bits per heavy atom. The number of amides is 2. The molecule has 4 aromatic heterocycles. The molecule has 15 heteroatoms. The third kappa shape index (κ3) is 13.7. The fraction of sp³-hybridized carbons (Fsp3) is 0.524. The summed E-state index contributed by atoms with van der Waals surface area (Å²) in [6, 6.07) is 27.1. The standard InChI is InChI=1S/C63H84BrN11O3/c1-6-10-36-72(37-11-7-2)61(76)54-28-26-52-59(66-54)74(58(65-52)51-44-49(64)25-30-57(51)78-5)40-21-35-71-33-19-23-47(45-71)48-42-46-22-15-16-24-50(46)56(43-48)69-63-68-53-27-29-55(62(77)73(38-12-8-3)39-13-9-4)67-60(53)75(63)41-20-34-70-31-17-14-18-32-70/h15-16,22,24-30,42-44,47H,6-14,17-21,23,31-41,45H2,1-5H3,(H,68,69). The van der Waals surface area contributed by atoms with Crippen molar-refractivity contribution in [3.8, 4) is 17.1 Å². The third-order valence-corrected chi connectivity index (χ3v) is 16.5. The van der Waals surface area contributed by atoms with E-state index in [9.17, 15) is 9.59 Å². The summed E-state index contributed by atoms with van der Waals surface area (Å²) < 4.78 is 11.3. The zero-order chi connectivity index (χ0) is 54.4. The number of imidazole rings is 2. The molecule has 1 unspecified atom stereocenters. The molecule has 0 spiro atoms. The molecule has 416 valence electrons. The lowest BCUT2D eigenvalue weighted by atomic mass is 9.88. The van der Waals surface area contributed by atoms with E-state index in [1.807, 2.05) is 46.2 Å². The monoisotopic (exact) mass is 1120 g/mol. The summed E-state index contributed by atoms with van der Waals surface area (Å²) in [6.45, 7) is 19.2. The van der Waals surface area contributed by atoms with Gasteiger partial charge in [-0.3, -0.25) is 14.2 Å². The number of likely N-dealkylation sites (tertiary alicyclic amines) is 2. The van der Waals surface area contributed by atoms with Crippen LogP contribution < -0.4 is 10.1 Å². The van der Waals surface area contributed by atoms with Gasteiger partial charge in [0, 0.05) is 61.4 Å². The predicted octanol–water partition coefficient (Wildman–Crippen LogP) is 13.7. The third-order valence-electron chi connectivity index (χ3n) is 16.0. The van der Waals surface area contributed by atoms with Gasteiger partial charge in [-0.25, -0.2) is 19.9 Å². The quantitative estimate of drug-likeness (QED) is 0.0531. The van der Waals surface area contributed by atoms with Gasteiger partial charge in [0.15, 0.2) is 11.3 Å². The largest absolute Gasteiger partial charge is 0.496 e. The molecule has 2 aliphatic rings. The second-order valence-corrected chi connectivity index (χ2v) is 22.7. The minimum Gasteiger partial charge on any atom is -0.496 e. The Balaban J connectivity index is 0.974. The van der Waals surface area contributed by atoms with Crippen molar-refractivity contribution in [1.29, 1.82) is 0 Å². The number of methoxy groups -OCH3 is 1. The average molecular weight is 1120 g/mol. The van der Waals surface area contributed by atoms with Gasteiger partial charge in [0.2, 0.25) is 5.95 Å². The Morgan fingerprint density at radius 2 is 1.22 bits per heavy atom. The summed E-state index contributed by atoms with van der Waals surface area (Å²) in [5.74, 6) is 2.58. The number of hydrogen-bond acceptors (Lipinski definition) is 10. The summed E-state index contributed by atoms with van der Waals surface area (Å²) >= 11 is 3.71. The number of halogens is 1. The fourth-order valence-electron chi connectivity index (χ4n) is 11.6. The van der Waals surface area contributed by atoms with E-state index in [0.29, 0.717) is 29.5 Å². The van der Waals surface area contributed by atoms with Crippen LogP contribution in [0.5, 0.6) is 5.75 Å². The first kappa shape index (κ1) is 56.8. The number of carbonyl (C=O) groups is 2. The van der Waals surface area contributed by atoms with Gasteiger partial charge in [-0.05, 0) is 162 Å². The Bertz CT molecular complexity index is 3090. The van der Waals surface area contributed by atoms with Crippen molar-refractivity contribution in [2.24, 2.45) is 0 Å². The lowest BCUT2D eigenvalue weighted by Crippen LogP contribution is -2.35. The second kappa shape index (κ2) is 27.8. The molecule has 2 fully saturated rings. The maximum absolute atomic E-state index is 14.1. The Kier molecular flexibility index (Phi) is 20.2. The van der Waals surface area contributed by atoms with Gasteiger partial charge in [-0.1, -0.05) is 106 Å². The highest BCUT2D eigenvalue weighted by Crippen LogP contribution is 2.37. The lowest BCUT2D eigenvalue weighted by molar-refractivity contribution is 0.0738. The first-order chi connectivity index (χ1) is 38.2. The van der Waals surface area contributed by atoms with E-state index in [4.69, 9.17) is 24.7 Å². The van der Waals surface area contributed by atoms with Crippen LogP contribution in [-0.2, 0) is 13.1 Å². The van der Waals surface area contributed by atoms with Crippen molar-refractivity contribution in [2.45, 2.75) is 143 Å². The van der Waals surface area contributed by atoms with Crippen LogP contribution in [0, 0.1) is 0 Å². The molecule has 2 aliphatic heterocycles. The predicted molar refractivity (Wildman–Crippen MR) is 321 cm³/mol. The summed E-state index contributed by atoms with van der Waals surface area (Å²) in [7, 11) is 1.69. The van der Waals surface area contributed by atoms with Gasteiger partial charge in [0.25, 0.3) is 11.8 Å². The zero-order valence-electron chi connectivity index (χ0n) is 47.2. The second-order valence-electron chi connectivity index (χ2n) is 21.8. The van der Waals surface area contributed by atoms with Gasteiger partial charge in [-0.2, -0.15) is 0 Å². The van der Waals surface area contributed by atoms with Crippen LogP contribution in [0.1, 0.15) is 156 Å². The van der Waals surface area contributed by atoms with Crippen LogP contribution in [0.3, 0.4) is 0 Å². The minimum atomic E-state index is -0.0208. The smallest absolute Gasteiger partial charge is 0.272 e. The Morgan fingerprint density at radius 3 is 1.86 bits per heavy atom. The Labute approximate surface area is 471 Å². The molecule has 2 saturated heterocycles. The molecule has 9 rings (SSSR count). The lowest BCUT2D eigenvalue weighted by Gasteiger charge is -2.33. The molecule has 1 N–H and O–H groups in total. The molecule has 3 aromatic carbocycles. The number of anilines is 2.